The number of aryl methyl sites for hydroxylation is 2. The van der Waals surface area contributed by atoms with Gasteiger partial charge in [-0.1, -0.05) is 13.8 Å². The van der Waals surface area contributed by atoms with E-state index in [0.717, 1.165) is 24.5 Å². The smallest absolute Gasteiger partial charge is 0.150 e. The molecule has 0 spiro atoms. The summed E-state index contributed by atoms with van der Waals surface area (Å²) in [6.45, 7) is 4.27. The van der Waals surface area contributed by atoms with Gasteiger partial charge in [-0.05, 0) is 18.2 Å². The van der Waals surface area contributed by atoms with Gasteiger partial charge in [0.2, 0.25) is 0 Å². The van der Waals surface area contributed by atoms with Crippen molar-refractivity contribution in [2.45, 2.75) is 33.2 Å². The third-order valence-corrected chi connectivity index (χ3v) is 2.92. The molecule has 0 bridgehead atoms. The quantitative estimate of drug-likeness (QED) is 0.846. The maximum absolute atomic E-state index is 13.7. The molecule has 0 N–H and O–H groups in total. The zero-order valence-corrected chi connectivity index (χ0v) is 11.0. The number of benzene rings is 1. The van der Waals surface area contributed by atoms with E-state index in [4.69, 9.17) is 5.26 Å². The van der Waals surface area contributed by atoms with Crippen LogP contribution in [0.5, 0.6) is 0 Å². The largest absolute Gasteiger partial charge is 0.245 e. The number of hydrogen-bond donors (Lipinski definition) is 0. The Hall–Kier alpha value is -2.22. The van der Waals surface area contributed by atoms with Crippen LogP contribution in [0.1, 0.15) is 36.6 Å². The van der Waals surface area contributed by atoms with E-state index in [2.05, 4.69) is 10.1 Å². The van der Waals surface area contributed by atoms with Crippen LogP contribution < -0.4 is 0 Å². The summed E-state index contributed by atoms with van der Waals surface area (Å²) in [6.07, 6.45) is 1.49. The van der Waals surface area contributed by atoms with E-state index < -0.39 is 0 Å². The van der Waals surface area contributed by atoms with E-state index in [1.165, 1.54) is 12.1 Å². The van der Waals surface area contributed by atoms with Gasteiger partial charge in [-0.2, -0.15) is 10.4 Å². The maximum atomic E-state index is 13.7. The van der Waals surface area contributed by atoms with Crippen LogP contribution in [0.4, 0.5) is 4.39 Å². The number of halogens is 1. The average Bonchev–Trinajstić information content (AvgIpc) is 2.83. The Morgan fingerprint density at radius 3 is 2.74 bits per heavy atom. The summed E-state index contributed by atoms with van der Waals surface area (Å²) in [7, 11) is 0. The van der Waals surface area contributed by atoms with E-state index in [1.807, 2.05) is 19.9 Å². The molecule has 0 saturated heterocycles. The van der Waals surface area contributed by atoms with Crippen molar-refractivity contribution in [1.82, 2.24) is 14.8 Å². The van der Waals surface area contributed by atoms with Crippen molar-refractivity contribution in [1.29, 1.82) is 5.26 Å². The van der Waals surface area contributed by atoms with Gasteiger partial charge in [0.25, 0.3) is 0 Å². The Morgan fingerprint density at radius 1 is 1.32 bits per heavy atom. The molecule has 5 heteroatoms. The topological polar surface area (TPSA) is 54.5 Å². The molecule has 1 aromatic carbocycles. The minimum Gasteiger partial charge on any atom is -0.245 e. The van der Waals surface area contributed by atoms with Crippen LogP contribution >= 0.6 is 0 Å². The van der Waals surface area contributed by atoms with Gasteiger partial charge in [-0.15, -0.1) is 0 Å². The molecule has 0 radical (unpaired) electrons. The Bertz CT molecular complexity index is 625. The molecule has 0 amide bonds. The van der Waals surface area contributed by atoms with E-state index in [1.54, 1.807) is 10.7 Å². The lowest BCUT2D eigenvalue weighted by atomic mass is 10.1. The van der Waals surface area contributed by atoms with Crippen molar-refractivity contribution in [3.63, 3.8) is 0 Å². The van der Waals surface area contributed by atoms with Crippen molar-refractivity contribution >= 4 is 0 Å². The Kier molecular flexibility index (Phi) is 3.91. The SMILES string of the molecule is CCc1nc(CC)n(Cc2cc(C#N)ccc2F)n1. The van der Waals surface area contributed by atoms with E-state index in [-0.39, 0.29) is 5.82 Å². The van der Waals surface area contributed by atoms with Gasteiger partial charge in [0, 0.05) is 18.4 Å². The third kappa shape index (κ3) is 2.79. The van der Waals surface area contributed by atoms with E-state index in [9.17, 15) is 4.39 Å². The molecular weight excluding hydrogens is 243 g/mol. The maximum Gasteiger partial charge on any atom is 0.150 e. The second kappa shape index (κ2) is 5.61. The molecule has 2 aromatic rings. The average molecular weight is 258 g/mol. The predicted molar refractivity (Wildman–Crippen MR) is 69.0 cm³/mol. The molecular formula is C14H15FN4. The van der Waals surface area contributed by atoms with Gasteiger partial charge in [0.05, 0.1) is 18.2 Å². The van der Waals surface area contributed by atoms with Gasteiger partial charge in [-0.3, -0.25) is 0 Å². The molecule has 4 nitrogen and oxygen atoms in total. The summed E-state index contributed by atoms with van der Waals surface area (Å²) >= 11 is 0. The summed E-state index contributed by atoms with van der Waals surface area (Å²) in [5, 5.41) is 13.2. The molecule has 0 fully saturated rings. The molecule has 0 atom stereocenters. The lowest BCUT2D eigenvalue weighted by Crippen LogP contribution is -2.08. The van der Waals surface area contributed by atoms with Crippen molar-refractivity contribution in [2.75, 3.05) is 0 Å². The van der Waals surface area contributed by atoms with Gasteiger partial charge in [0.15, 0.2) is 5.82 Å². The second-order valence-electron chi connectivity index (χ2n) is 4.23. The summed E-state index contributed by atoms with van der Waals surface area (Å²) in [5.41, 5.74) is 0.909. The molecule has 19 heavy (non-hydrogen) atoms. The first-order chi connectivity index (χ1) is 9.17. The fourth-order valence-corrected chi connectivity index (χ4v) is 1.89. The van der Waals surface area contributed by atoms with Crippen molar-refractivity contribution in [3.05, 3.63) is 46.8 Å². The summed E-state index contributed by atoms with van der Waals surface area (Å²) in [6, 6.07) is 6.36. The molecule has 1 heterocycles. The minimum atomic E-state index is -0.324. The summed E-state index contributed by atoms with van der Waals surface area (Å²) < 4.78 is 15.5. The van der Waals surface area contributed by atoms with Gasteiger partial charge in [-0.25, -0.2) is 14.1 Å². The highest BCUT2D eigenvalue weighted by Crippen LogP contribution is 2.13. The number of rotatable bonds is 4. The molecule has 2 rings (SSSR count). The molecule has 0 saturated carbocycles. The Balaban J connectivity index is 2.35. The predicted octanol–water partition coefficient (Wildman–Crippen LogP) is 2.46. The van der Waals surface area contributed by atoms with Crippen LogP contribution in [0.2, 0.25) is 0 Å². The van der Waals surface area contributed by atoms with Crippen LogP contribution in [-0.4, -0.2) is 14.8 Å². The highest BCUT2D eigenvalue weighted by atomic mass is 19.1. The number of aromatic nitrogens is 3. The Labute approximate surface area is 111 Å². The molecule has 0 aliphatic carbocycles. The third-order valence-electron chi connectivity index (χ3n) is 2.92. The monoisotopic (exact) mass is 258 g/mol. The highest BCUT2D eigenvalue weighted by Gasteiger charge is 2.10. The number of hydrogen-bond acceptors (Lipinski definition) is 3. The fourth-order valence-electron chi connectivity index (χ4n) is 1.89. The first kappa shape index (κ1) is 13.2. The van der Waals surface area contributed by atoms with Crippen LogP contribution in [0.3, 0.4) is 0 Å². The van der Waals surface area contributed by atoms with Crippen LogP contribution in [-0.2, 0) is 19.4 Å². The zero-order chi connectivity index (χ0) is 13.8. The van der Waals surface area contributed by atoms with E-state index >= 15 is 0 Å². The molecule has 1 aromatic heterocycles. The molecule has 0 aliphatic heterocycles. The molecule has 98 valence electrons. The molecule has 0 unspecified atom stereocenters. The number of nitrogens with zero attached hydrogens (tertiary/aromatic N) is 4. The van der Waals surface area contributed by atoms with E-state index in [0.29, 0.717) is 17.7 Å². The standard InChI is InChI=1S/C14H15FN4/c1-3-13-17-14(4-2)19(18-13)9-11-7-10(8-16)5-6-12(11)15/h5-7H,3-4,9H2,1-2H3. The first-order valence-corrected chi connectivity index (χ1v) is 6.29. The summed E-state index contributed by atoms with van der Waals surface area (Å²) in [5.74, 6) is 1.27. The zero-order valence-electron chi connectivity index (χ0n) is 11.0. The summed E-state index contributed by atoms with van der Waals surface area (Å²) in [4.78, 5) is 4.38. The lowest BCUT2D eigenvalue weighted by molar-refractivity contribution is 0.572. The van der Waals surface area contributed by atoms with Crippen molar-refractivity contribution in [2.24, 2.45) is 0 Å². The van der Waals surface area contributed by atoms with Crippen LogP contribution in [0.15, 0.2) is 18.2 Å². The van der Waals surface area contributed by atoms with Gasteiger partial charge in [0.1, 0.15) is 11.6 Å². The number of nitriles is 1. The molecule has 0 aliphatic rings. The minimum absolute atomic E-state index is 0.303. The second-order valence-corrected chi connectivity index (χ2v) is 4.23. The van der Waals surface area contributed by atoms with Crippen LogP contribution in [0.25, 0.3) is 0 Å². The lowest BCUT2D eigenvalue weighted by Gasteiger charge is -2.06. The van der Waals surface area contributed by atoms with Crippen molar-refractivity contribution < 1.29 is 4.39 Å². The van der Waals surface area contributed by atoms with Gasteiger partial charge >= 0.3 is 0 Å². The highest BCUT2D eigenvalue weighted by molar-refractivity contribution is 5.33. The van der Waals surface area contributed by atoms with Crippen molar-refractivity contribution in [3.8, 4) is 6.07 Å². The Morgan fingerprint density at radius 2 is 2.11 bits per heavy atom. The van der Waals surface area contributed by atoms with Gasteiger partial charge < -0.3 is 0 Å². The van der Waals surface area contributed by atoms with Crippen LogP contribution in [0, 0.1) is 17.1 Å². The fraction of sp³-hybridized carbons (Fsp3) is 0.357. The normalized spacial score (nSPS) is 10.4. The first-order valence-electron chi connectivity index (χ1n) is 6.29.